The molecule has 1 N–H and O–H groups in total. The maximum Gasteiger partial charge on any atom is 0.0368 e. The van der Waals surface area contributed by atoms with E-state index in [9.17, 15) is 0 Å². The SMILES string of the molecule is c1cncc(CNN2CCCCC2)c1. The molecule has 0 aliphatic carbocycles. The van der Waals surface area contributed by atoms with E-state index < -0.39 is 0 Å². The number of hydrogen-bond donors (Lipinski definition) is 1. The minimum atomic E-state index is 0.897. The highest BCUT2D eigenvalue weighted by atomic mass is 15.5. The van der Waals surface area contributed by atoms with Crippen molar-refractivity contribution in [2.75, 3.05) is 13.1 Å². The fourth-order valence-electron chi connectivity index (χ4n) is 1.76. The Morgan fingerprint density at radius 2 is 2.14 bits per heavy atom. The third-order valence-electron chi connectivity index (χ3n) is 2.59. The Morgan fingerprint density at radius 3 is 2.86 bits per heavy atom. The van der Waals surface area contributed by atoms with Crippen LogP contribution < -0.4 is 5.43 Å². The summed E-state index contributed by atoms with van der Waals surface area (Å²) in [7, 11) is 0. The molecule has 0 amide bonds. The summed E-state index contributed by atoms with van der Waals surface area (Å²) in [4.78, 5) is 4.09. The molecule has 0 saturated carbocycles. The number of nitrogens with zero attached hydrogens (tertiary/aromatic N) is 2. The van der Waals surface area contributed by atoms with E-state index in [1.807, 2.05) is 18.5 Å². The molecule has 0 atom stereocenters. The molecule has 3 nitrogen and oxygen atoms in total. The summed E-state index contributed by atoms with van der Waals surface area (Å²) in [6, 6.07) is 4.08. The molecule has 3 heteroatoms. The molecule has 1 saturated heterocycles. The first-order valence-corrected chi connectivity index (χ1v) is 5.32. The van der Waals surface area contributed by atoms with E-state index in [1.165, 1.54) is 37.9 Å². The second-order valence-electron chi connectivity index (χ2n) is 3.74. The lowest BCUT2D eigenvalue weighted by Gasteiger charge is -2.27. The Morgan fingerprint density at radius 1 is 1.29 bits per heavy atom. The monoisotopic (exact) mass is 191 g/mol. The van der Waals surface area contributed by atoms with Gasteiger partial charge in [0.25, 0.3) is 0 Å². The van der Waals surface area contributed by atoms with Crippen LogP contribution in [0.2, 0.25) is 0 Å². The highest BCUT2D eigenvalue weighted by molar-refractivity contribution is 5.07. The second-order valence-corrected chi connectivity index (χ2v) is 3.74. The lowest BCUT2D eigenvalue weighted by molar-refractivity contribution is 0.151. The molecule has 0 aromatic carbocycles. The van der Waals surface area contributed by atoms with E-state index in [1.54, 1.807) is 0 Å². The van der Waals surface area contributed by atoms with Gasteiger partial charge in [-0.1, -0.05) is 12.5 Å². The first-order valence-electron chi connectivity index (χ1n) is 5.32. The third kappa shape index (κ3) is 2.79. The van der Waals surface area contributed by atoms with E-state index in [0.717, 1.165) is 6.54 Å². The van der Waals surface area contributed by atoms with Crippen molar-refractivity contribution in [2.24, 2.45) is 0 Å². The number of pyridine rings is 1. The van der Waals surface area contributed by atoms with Gasteiger partial charge in [0.05, 0.1) is 0 Å². The zero-order valence-corrected chi connectivity index (χ0v) is 8.45. The van der Waals surface area contributed by atoms with Gasteiger partial charge < -0.3 is 0 Å². The van der Waals surface area contributed by atoms with Gasteiger partial charge in [-0.3, -0.25) is 10.4 Å². The topological polar surface area (TPSA) is 28.2 Å². The van der Waals surface area contributed by atoms with Crippen LogP contribution in [-0.2, 0) is 6.54 Å². The van der Waals surface area contributed by atoms with Crippen LogP contribution >= 0.6 is 0 Å². The van der Waals surface area contributed by atoms with Crippen molar-refractivity contribution < 1.29 is 0 Å². The first kappa shape index (κ1) is 9.62. The molecule has 1 aliphatic heterocycles. The van der Waals surface area contributed by atoms with E-state index in [0.29, 0.717) is 0 Å². The molecule has 2 rings (SSSR count). The van der Waals surface area contributed by atoms with Crippen LogP contribution in [-0.4, -0.2) is 23.1 Å². The van der Waals surface area contributed by atoms with Crippen LogP contribution in [0.3, 0.4) is 0 Å². The largest absolute Gasteiger partial charge is 0.264 e. The van der Waals surface area contributed by atoms with E-state index >= 15 is 0 Å². The minimum absolute atomic E-state index is 0.897. The van der Waals surface area contributed by atoms with Gasteiger partial charge in [0.1, 0.15) is 0 Å². The number of rotatable bonds is 3. The number of hydrazine groups is 1. The molecule has 0 unspecified atom stereocenters. The summed E-state index contributed by atoms with van der Waals surface area (Å²) in [6.07, 6.45) is 7.74. The van der Waals surface area contributed by atoms with Crippen molar-refractivity contribution in [3.63, 3.8) is 0 Å². The van der Waals surface area contributed by atoms with Gasteiger partial charge in [-0.25, -0.2) is 5.01 Å². The lowest BCUT2D eigenvalue weighted by atomic mass is 10.2. The Balaban J connectivity index is 1.76. The Labute approximate surface area is 85.1 Å². The van der Waals surface area contributed by atoms with Gasteiger partial charge >= 0.3 is 0 Å². The first-order chi connectivity index (χ1) is 6.95. The summed E-state index contributed by atoms with van der Waals surface area (Å²) in [5.41, 5.74) is 4.68. The molecular formula is C11H17N3. The number of hydrogen-bond acceptors (Lipinski definition) is 3. The Bertz CT molecular complexity index is 254. The van der Waals surface area contributed by atoms with Crippen molar-refractivity contribution in [3.8, 4) is 0 Å². The summed E-state index contributed by atoms with van der Waals surface area (Å²) in [5.74, 6) is 0. The van der Waals surface area contributed by atoms with Crippen LogP contribution in [0.15, 0.2) is 24.5 Å². The number of nitrogens with one attached hydrogen (secondary N) is 1. The predicted molar refractivity (Wildman–Crippen MR) is 56.5 cm³/mol. The smallest absolute Gasteiger partial charge is 0.0368 e. The summed E-state index contributed by atoms with van der Waals surface area (Å²) in [6.45, 7) is 3.26. The van der Waals surface area contributed by atoms with E-state index in [-0.39, 0.29) is 0 Å². The van der Waals surface area contributed by atoms with Crippen molar-refractivity contribution in [2.45, 2.75) is 25.8 Å². The number of piperidine rings is 1. The van der Waals surface area contributed by atoms with Gasteiger partial charge in [-0.05, 0) is 24.5 Å². The van der Waals surface area contributed by atoms with Crippen LogP contribution in [0, 0.1) is 0 Å². The van der Waals surface area contributed by atoms with Crippen molar-refractivity contribution in [3.05, 3.63) is 30.1 Å². The Hall–Kier alpha value is -0.930. The van der Waals surface area contributed by atoms with E-state index in [2.05, 4.69) is 21.5 Å². The molecule has 1 aromatic rings. The molecule has 1 fully saturated rings. The standard InChI is InChI=1S/C11H17N3/c1-2-7-14(8-3-1)13-10-11-5-4-6-12-9-11/h4-6,9,13H,1-3,7-8,10H2. The Kier molecular flexibility index (Phi) is 3.49. The van der Waals surface area contributed by atoms with Crippen LogP contribution in [0.4, 0.5) is 0 Å². The van der Waals surface area contributed by atoms with Gasteiger partial charge in [-0.2, -0.15) is 0 Å². The lowest BCUT2D eigenvalue weighted by Crippen LogP contribution is -2.41. The average Bonchev–Trinajstić information content (AvgIpc) is 2.29. The van der Waals surface area contributed by atoms with Crippen LogP contribution in [0.1, 0.15) is 24.8 Å². The zero-order chi connectivity index (χ0) is 9.64. The average molecular weight is 191 g/mol. The third-order valence-corrected chi connectivity index (χ3v) is 2.59. The quantitative estimate of drug-likeness (QED) is 0.786. The molecule has 0 spiro atoms. The molecule has 0 bridgehead atoms. The molecule has 14 heavy (non-hydrogen) atoms. The van der Waals surface area contributed by atoms with Crippen molar-refractivity contribution >= 4 is 0 Å². The maximum absolute atomic E-state index is 4.09. The minimum Gasteiger partial charge on any atom is -0.264 e. The molecule has 1 aliphatic rings. The van der Waals surface area contributed by atoms with Crippen molar-refractivity contribution in [1.29, 1.82) is 0 Å². The van der Waals surface area contributed by atoms with E-state index in [4.69, 9.17) is 0 Å². The molecule has 0 radical (unpaired) electrons. The predicted octanol–water partition coefficient (Wildman–Crippen LogP) is 1.57. The zero-order valence-electron chi connectivity index (χ0n) is 8.45. The summed E-state index contributed by atoms with van der Waals surface area (Å²) in [5, 5.41) is 2.32. The van der Waals surface area contributed by atoms with Gasteiger partial charge in [0.15, 0.2) is 0 Å². The molecule has 76 valence electrons. The fraction of sp³-hybridized carbons (Fsp3) is 0.545. The van der Waals surface area contributed by atoms with Crippen molar-refractivity contribution in [1.82, 2.24) is 15.4 Å². The summed E-state index contributed by atoms with van der Waals surface area (Å²) >= 11 is 0. The van der Waals surface area contributed by atoms with Gasteiger partial charge in [0.2, 0.25) is 0 Å². The number of aromatic nitrogens is 1. The molecule has 2 heterocycles. The highest BCUT2D eigenvalue weighted by Crippen LogP contribution is 2.06. The summed E-state index contributed by atoms with van der Waals surface area (Å²) < 4.78 is 0. The fourth-order valence-corrected chi connectivity index (χ4v) is 1.76. The maximum atomic E-state index is 4.09. The highest BCUT2D eigenvalue weighted by Gasteiger charge is 2.08. The molecule has 1 aromatic heterocycles. The van der Waals surface area contributed by atoms with Gasteiger partial charge in [0, 0.05) is 32.0 Å². The normalized spacial score (nSPS) is 18.3. The molecular weight excluding hydrogens is 174 g/mol. The second kappa shape index (κ2) is 5.08. The van der Waals surface area contributed by atoms with Crippen LogP contribution in [0.5, 0.6) is 0 Å². The van der Waals surface area contributed by atoms with Gasteiger partial charge in [-0.15, -0.1) is 0 Å². The van der Waals surface area contributed by atoms with Crippen LogP contribution in [0.25, 0.3) is 0 Å².